The highest BCUT2D eigenvalue weighted by Crippen LogP contribution is 2.21. The minimum absolute atomic E-state index is 0.148. The number of rotatable bonds is 6. The number of carboxylic acids is 1. The standard InChI is InChI=1S/C13H17NO4/c1-2-10(8-14-18)12(13(16)17)7-9-3-5-11(15)6-4-9/h3-6,8,10,12,15,18H,2,7H2,1H3,(H,16,17). The maximum absolute atomic E-state index is 11.3. The second-order valence-corrected chi connectivity index (χ2v) is 4.15. The van der Waals surface area contributed by atoms with Crippen LogP contribution >= 0.6 is 0 Å². The van der Waals surface area contributed by atoms with Gasteiger partial charge in [0.25, 0.3) is 0 Å². The third kappa shape index (κ3) is 3.76. The van der Waals surface area contributed by atoms with Gasteiger partial charge in [0.05, 0.1) is 5.92 Å². The van der Waals surface area contributed by atoms with E-state index in [-0.39, 0.29) is 11.7 Å². The van der Waals surface area contributed by atoms with Crippen molar-refractivity contribution in [3.8, 4) is 5.75 Å². The Morgan fingerprint density at radius 3 is 2.44 bits per heavy atom. The first-order valence-electron chi connectivity index (χ1n) is 5.76. The van der Waals surface area contributed by atoms with Gasteiger partial charge in [0.2, 0.25) is 0 Å². The molecule has 1 rings (SSSR count). The van der Waals surface area contributed by atoms with Crippen molar-refractivity contribution in [1.82, 2.24) is 0 Å². The summed E-state index contributed by atoms with van der Waals surface area (Å²) in [5.41, 5.74) is 0.824. The second kappa shape index (κ2) is 6.64. The Kier molecular flexibility index (Phi) is 5.17. The van der Waals surface area contributed by atoms with Crippen LogP contribution in [0.1, 0.15) is 18.9 Å². The molecule has 0 aliphatic rings. The van der Waals surface area contributed by atoms with Gasteiger partial charge in [-0.3, -0.25) is 4.79 Å². The highest BCUT2D eigenvalue weighted by molar-refractivity contribution is 5.76. The maximum atomic E-state index is 11.3. The number of benzene rings is 1. The number of carbonyl (C=O) groups is 1. The first kappa shape index (κ1) is 14.0. The van der Waals surface area contributed by atoms with Crippen LogP contribution in [0.4, 0.5) is 0 Å². The number of aliphatic carboxylic acids is 1. The number of nitrogens with zero attached hydrogens (tertiary/aromatic N) is 1. The number of phenols is 1. The molecule has 0 heterocycles. The molecule has 0 saturated carbocycles. The van der Waals surface area contributed by atoms with Gasteiger partial charge in [0.15, 0.2) is 0 Å². The lowest BCUT2D eigenvalue weighted by Gasteiger charge is -2.18. The monoisotopic (exact) mass is 251 g/mol. The van der Waals surface area contributed by atoms with E-state index < -0.39 is 11.9 Å². The van der Waals surface area contributed by atoms with E-state index in [2.05, 4.69) is 5.16 Å². The molecule has 18 heavy (non-hydrogen) atoms. The summed E-state index contributed by atoms with van der Waals surface area (Å²) in [4.78, 5) is 11.3. The van der Waals surface area contributed by atoms with Crippen LogP contribution in [-0.2, 0) is 11.2 Å². The third-order valence-electron chi connectivity index (χ3n) is 2.96. The van der Waals surface area contributed by atoms with Crippen LogP contribution in [-0.4, -0.2) is 27.6 Å². The molecule has 98 valence electrons. The van der Waals surface area contributed by atoms with Crippen molar-refractivity contribution < 1.29 is 20.2 Å². The molecule has 0 spiro atoms. The van der Waals surface area contributed by atoms with Crippen LogP contribution in [0.3, 0.4) is 0 Å². The molecule has 1 aromatic carbocycles. The topological polar surface area (TPSA) is 90.1 Å². The van der Waals surface area contributed by atoms with E-state index in [9.17, 15) is 9.90 Å². The van der Waals surface area contributed by atoms with E-state index >= 15 is 0 Å². The van der Waals surface area contributed by atoms with Crippen LogP contribution in [0.15, 0.2) is 29.4 Å². The van der Waals surface area contributed by atoms with Crippen molar-refractivity contribution >= 4 is 12.2 Å². The summed E-state index contributed by atoms with van der Waals surface area (Å²) in [6, 6.07) is 6.42. The maximum Gasteiger partial charge on any atom is 0.307 e. The fourth-order valence-corrected chi connectivity index (χ4v) is 1.89. The lowest BCUT2D eigenvalue weighted by atomic mass is 9.86. The molecule has 2 unspecified atom stereocenters. The minimum Gasteiger partial charge on any atom is -0.508 e. The summed E-state index contributed by atoms with van der Waals surface area (Å²) in [5, 5.41) is 29.9. The second-order valence-electron chi connectivity index (χ2n) is 4.15. The average Bonchev–Trinajstić information content (AvgIpc) is 2.35. The fourth-order valence-electron chi connectivity index (χ4n) is 1.89. The summed E-state index contributed by atoms with van der Waals surface area (Å²) < 4.78 is 0. The number of phenolic OH excluding ortho intramolecular Hbond substituents is 1. The van der Waals surface area contributed by atoms with Crippen LogP contribution in [0.25, 0.3) is 0 Å². The van der Waals surface area contributed by atoms with Gasteiger partial charge in [0, 0.05) is 12.1 Å². The first-order valence-corrected chi connectivity index (χ1v) is 5.76. The van der Waals surface area contributed by atoms with E-state index in [0.29, 0.717) is 12.8 Å². The molecule has 0 saturated heterocycles. The summed E-state index contributed by atoms with van der Waals surface area (Å²) in [5.74, 6) is -1.74. The molecule has 5 heteroatoms. The van der Waals surface area contributed by atoms with E-state index in [4.69, 9.17) is 10.3 Å². The van der Waals surface area contributed by atoms with Crippen molar-refractivity contribution in [3.63, 3.8) is 0 Å². The molecular weight excluding hydrogens is 234 g/mol. The molecule has 3 N–H and O–H groups in total. The highest BCUT2D eigenvalue weighted by atomic mass is 16.4. The molecule has 2 atom stereocenters. The van der Waals surface area contributed by atoms with Crippen molar-refractivity contribution in [3.05, 3.63) is 29.8 Å². The molecular formula is C13H17NO4. The Morgan fingerprint density at radius 2 is 2.00 bits per heavy atom. The van der Waals surface area contributed by atoms with E-state index in [1.54, 1.807) is 12.1 Å². The van der Waals surface area contributed by atoms with E-state index in [1.807, 2.05) is 6.92 Å². The SMILES string of the molecule is CCC(C=NO)C(Cc1ccc(O)cc1)C(=O)O. The van der Waals surface area contributed by atoms with Gasteiger partial charge in [-0.2, -0.15) is 0 Å². The number of hydrogen-bond donors (Lipinski definition) is 3. The largest absolute Gasteiger partial charge is 0.508 e. The van der Waals surface area contributed by atoms with Gasteiger partial charge in [-0.1, -0.05) is 19.1 Å². The zero-order chi connectivity index (χ0) is 13.5. The van der Waals surface area contributed by atoms with Crippen LogP contribution < -0.4 is 0 Å². The van der Waals surface area contributed by atoms with Crippen molar-refractivity contribution in [2.75, 3.05) is 0 Å². The van der Waals surface area contributed by atoms with Gasteiger partial charge in [0.1, 0.15) is 5.75 Å². The smallest absolute Gasteiger partial charge is 0.307 e. The minimum atomic E-state index is -0.921. The summed E-state index contributed by atoms with van der Waals surface area (Å²) >= 11 is 0. The molecule has 0 fully saturated rings. The van der Waals surface area contributed by atoms with Gasteiger partial charge in [-0.15, -0.1) is 5.16 Å². The van der Waals surface area contributed by atoms with Crippen LogP contribution in [0.2, 0.25) is 0 Å². The zero-order valence-electron chi connectivity index (χ0n) is 10.2. The van der Waals surface area contributed by atoms with Gasteiger partial charge >= 0.3 is 5.97 Å². The molecule has 0 amide bonds. The lowest BCUT2D eigenvalue weighted by Crippen LogP contribution is -2.26. The first-order chi connectivity index (χ1) is 8.58. The van der Waals surface area contributed by atoms with Gasteiger partial charge in [-0.05, 0) is 30.5 Å². The number of carboxylic acid groups (broad SMARTS) is 1. The molecule has 0 aromatic heterocycles. The van der Waals surface area contributed by atoms with Gasteiger partial charge in [-0.25, -0.2) is 0 Å². The van der Waals surface area contributed by atoms with Gasteiger partial charge < -0.3 is 15.4 Å². The van der Waals surface area contributed by atoms with Crippen molar-refractivity contribution in [1.29, 1.82) is 0 Å². The average molecular weight is 251 g/mol. The number of hydrogen-bond acceptors (Lipinski definition) is 4. The normalized spacial score (nSPS) is 14.5. The lowest BCUT2D eigenvalue weighted by molar-refractivity contribution is -0.142. The Balaban J connectivity index is 2.86. The van der Waals surface area contributed by atoms with Crippen LogP contribution in [0.5, 0.6) is 5.75 Å². The van der Waals surface area contributed by atoms with Crippen LogP contribution in [0, 0.1) is 11.8 Å². The molecule has 0 aliphatic heterocycles. The zero-order valence-corrected chi connectivity index (χ0v) is 10.2. The molecule has 1 aromatic rings. The van der Waals surface area contributed by atoms with Crippen molar-refractivity contribution in [2.24, 2.45) is 17.0 Å². The summed E-state index contributed by atoms with van der Waals surface area (Å²) in [7, 11) is 0. The van der Waals surface area contributed by atoms with E-state index in [1.165, 1.54) is 18.3 Å². The third-order valence-corrected chi connectivity index (χ3v) is 2.96. The Hall–Kier alpha value is -2.04. The number of oxime groups is 1. The highest BCUT2D eigenvalue weighted by Gasteiger charge is 2.26. The van der Waals surface area contributed by atoms with Crippen molar-refractivity contribution in [2.45, 2.75) is 19.8 Å². The fraction of sp³-hybridized carbons (Fsp3) is 0.385. The molecule has 5 nitrogen and oxygen atoms in total. The number of aromatic hydroxyl groups is 1. The summed E-state index contributed by atoms with van der Waals surface area (Å²) in [6.07, 6.45) is 2.18. The Morgan fingerprint density at radius 1 is 1.39 bits per heavy atom. The quantitative estimate of drug-likeness (QED) is 0.410. The van der Waals surface area contributed by atoms with E-state index in [0.717, 1.165) is 5.56 Å². The molecule has 0 radical (unpaired) electrons. The molecule has 0 bridgehead atoms. The predicted molar refractivity (Wildman–Crippen MR) is 67.0 cm³/mol. The summed E-state index contributed by atoms with van der Waals surface area (Å²) in [6.45, 7) is 1.85. The Labute approximate surface area is 105 Å². The predicted octanol–water partition coefficient (Wildman–Crippen LogP) is 2.12. The molecule has 0 aliphatic carbocycles. The Bertz CT molecular complexity index is 414.